The molecule has 0 saturated heterocycles. The van der Waals surface area contributed by atoms with Crippen LogP contribution in [0.2, 0.25) is 0 Å². The topological polar surface area (TPSA) is 64.1 Å². The standard InChI is InChI=1S/C22H19N3O2S2/c1-15(27-19-13-7-11-17-10-5-6-12-18(17)19)20(26)23-21-24-25-22(29-21)28-14-16-8-3-2-4-9-16/h2-13,15H,14H2,1H3,(H,23,24,26)/t15-/m0/s1. The molecule has 0 bridgehead atoms. The lowest BCUT2D eigenvalue weighted by Crippen LogP contribution is -2.30. The molecule has 0 aliphatic rings. The summed E-state index contributed by atoms with van der Waals surface area (Å²) in [5, 5.41) is 13.5. The average molecular weight is 422 g/mol. The Bertz CT molecular complexity index is 1110. The highest BCUT2D eigenvalue weighted by Crippen LogP contribution is 2.29. The van der Waals surface area contributed by atoms with Crippen LogP contribution < -0.4 is 10.1 Å². The minimum atomic E-state index is -0.662. The van der Waals surface area contributed by atoms with Gasteiger partial charge in [0.2, 0.25) is 5.13 Å². The Hall–Kier alpha value is -2.90. The van der Waals surface area contributed by atoms with Crippen molar-refractivity contribution in [3.8, 4) is 5.75 Å². The zero-order valence-electron chi connectivity index (χ0n) is 15.7. The zero-order valence-corrected chi connectivity index (χ0v) is 17.4. The molecule has 4 rings (SSSR count). The first-order valence-corrected chi connectivity index (χ1v) is 10.9. The molecule has 29 heavy (non-hydrogen) atoms. The first-order valence-electron chi connectivity index (χ1n) is 9.14. The van der Waals surface area contributed by atoms with Gasteiger partial charge in [0.05, 0.1) is 0 Å². The van der Waals surface area contributed by atoms with E-state index in [2.05, 4.69) is 27.6 Å². The smallest absolute Gasteiger partial charge is 0.266 e. The molecule has 0 unspecified atom stereocenters. The second-order valence-corrected chi connectivity index (χ2v) is 8.57. The van der Waals surface area contributed by atoms with Gasteiger partial charge in [-0.1, -0.05) is 89.8 Å². The van der Waals surface area contributed by atoms with Crippen LogP contribution >= 0.6 is 23.1 Å². The number of fused-ring (bicyclic) bond motifs is 1. The molecular formula is C22H19N3O2S2. The molecular weight excluding hydrogens is 402 g/mol. The van der Waals surface area contributed by atoms with Crippen LogP contribution in [0.4, 0.5) is 5.13 Å². The highest BCUT2D eigenvalue weighted by Gasteiger charge is 2.18. The van der Waals surface area contributed by atoms with Gasteiger partial charge in [0.15, 0.2) is 10.4 Å². The molecule has 0 saturated carbocycles. The van der Waals surface area contributed by atoms with E-state index in [1.807, 2.05) is 60.7 Å². The van der Waals surface area contributed by atoms with E-state index in [0.717, 1.165) is 20.9 Å². The van der Waals surface area contributed by atoms with Crippen LogP contribution in [-0.4, -0.2) is 22.2 Å². The number of thioether (sulfide) groups is 1. The number of ether oxygens (including phenoxy) is 1. The van der Waals surface area contributed by atoms with Crippen molar-refractivity contribution < 1.29 is 9.53 Å². The highest BCUT2D eigenvalue weighted by atomic mass is 32.2. The van der Waals surface area contributed by atoms with Gasteiger partial charge in [-0.25, -0.2) is 0 Å². The lowest BCUT2D eigenvalue weighted by atomic mass is 10.1. The van der Waals surface area contributed by atoms with E-state index < -0.39 is 6.10 Å². The maximum Gasteiger partial charge on any atom is 0.266 e. The summed E-state index contributed by atoms with van der Waals surface area (Å²) in [5.41, 5.74) is 1.22. The minimum Gasteiger partial charge on any atom is -0.480 e. The van der Waals surface area contributed by atoms with Gasteiger partial charge in [-0.3, -0.25) is 10.1 Å². The van der Waals surface area contributed by atoms with E-state index in [0.29, 0.717) is 10.9 Å². The maximum atomic E-state index is 12.5. The number of carbonyl (C=O) groups is 1. The summed E-state index contributed by atoms with van der Waals surface area (Å²) in [6, 6.07) is 23.9. The molecule has 0 aliphatic carbocycles. The third-order valence-corrected chi connectivity index (χ3v) is 6.31. The Morgan fingerprint density at radius 1 is 1.03 bits per heavy atom. The fraction of sp³-hybridized carbons (Fsp3) is 0.136. The average Bonchev–Trinajstić information content (AvgIpc) is 3.20. The molecule has 1 atom stereocenters. The van der Waals surface area contributed by atoms with Crippen molar-refractivity contribution >= 4 is 44.9 Å². The molecule has 5 nitrogen and oxygen atoms in total. The minimum absolute atomic E-state index is 0.256. The number of amides is 1. The number of aromatic nitrogens is 2. The molecule has 3 aromatic carbocycles. The van der Waals surface area contributed by atoms with Crippen LogP contribution in [0.1, 0.15) is 12.5 Å². The molecule has 0 spiro atoms. The van der Waals surface area contributed by atoms with Crippen LogP contribution in [0.25, 0.3) is 10.8 Å². The van der Waals surface area contributed by atoms with Crippen molar-refractivity contribution in [2.24, 2.45) is 0 Å². The molecule has 7 heteroatoms. The van der Waals surface area contributed by atoms with Crippen LogP contribution in [0, 0.1) is 0 Å². The second-order valence-electron chi connectivity index (χ2n) is 6.37. The fourth-order valence-corrected chi connectivity index (χ4v) is 4.50. The molecule has 0 radical (unpaired) electrons. The van der Waals surface area contributed by atoms with Gasteiger partial charge in [-0.2, -0.15) is 0 Å². The van der Waals surface area contributed by atoms with E-state index in [-0.39, 0.29) is 5.91 Å². The maximum absolute atomic E-state index is 12.5. The summed E-state index contributed by atoms with van der Waals surface area (Å²) in [7, 11) is 0. The van der Waals surface area contributed by atoms with E-state index in [1.54, 1.807) is 18.7 Å². The molecule has 1 heterocycles. The number of hydrogen-bond acceptors (Lipinski definition) is 6. The summed E-state index contributed by atoms with van der Waals surface area (Å²) in [6.07, 6.45) is -0.662. The van der Waals surface area contributed by atoms with Gasteiger partial charge in [0.25, 0.3) is 5.91 Å². The summed E-state index contributed by atoms with van der Waals surface area (Å²) in [6.45, 7) is 1.73. The van der Waals surface area contributed by atoms with Crippen LogP contribution in [0.3, 0.4) is 0 Å². The van der Waals surface area contributed by atoms with Crippen molar-refractivity contribution in [2.45, 2.75) is 23.1 Å². The van der Waals surface area contributed by atoms with Crippen molar-refractivity contribution in [2.75, 3.05) is 5.32 Å². The highest BCUT2D eigenvalue weighted by molar-refractivity contribution is 8.00. The molecule has 1 aromatic heterocycles. The summed E-state index contributed by atoms with van der Waals surface area (Å²) < 4.78 is 6.72. The molecule has 0 fully saturated rings. The largest absolute Gasteiger partial charge is 0.480 e. The lowest BCUT2D eigenvalue weighted by Gasteiger charge is -2.15. The zero-order chi connectivity index (χ0) is 20.1. The van der Waals surface area contributed by atoms with Crippen LogP contribution in [0.5, 0.6) is 5.75 Å². The van der Waals surface area contributed by atoms with E-state index in [9.17, 15) is 4.79 Å². The normalized spacial score (nSPS) is 11.9. The van der Waals surface area contributed by atoms with Gasteiger partial charge in [-0.05, 0) is 23.9 Å². The monoisotopic (exact) mass is 421 g/mol. The molecule has 1 N–H and O–H groups in total. The van der Waals surface area contributed by atoms with Gasteiger partial charge in [0, 0.05) is 11.1 Å². The van der Waals surface area contributed by atoms with Gasteiger partial charge in [0.1, 0.15) is 5.75 Å². The first-order chi connectivity index (χ1) is 14.2. The third kappa shape index (κ3) is 4.93. The van der Waals surface area contributed by atoms with Gasteiger partial charge in [-0.15, -0.1) is 10.2 Å². The van der Waals surface area contributed by atoms with Crippen LogP contribution in [-0.2, 0) is 10.5 Å². The number of hydrogen-bond donors (Lipinski definition) is 1. The number of anilines is 1. The predicted molar refractivity (Wildman–Crippen MR) is 119 cm³/mol. The first kappa shape index (κ1) is 19.4. The van der Waals surface area contributed by atoms with Crippen molar-refractivity contribution in [3.63, 3.8) is 0 Å². The Balaban J connectivity index is 1.36. The Labute approximate surface area is 177 Å². The summed E-state index contributed by atoms with van der Waals surface area (Å²) in [5.74, 6) is 1.24. The number of carbonyl (C=O) groups excluding carboxylic acids is 1. The summed E-state index contributed by atoms with van der Waals surface area (Å²) >= 11 is 2.96. The Morgan fingerprint density at radius 2 is 1.79 bits per heavy atom. The van der Waals surface area contributed by atoms with E-state index >= 15 is 0 Å². The Morgan fingerprint density at radius 3 is 2.66 bits per heavy atom. The van der Waals surface area contributed by atoms with E-state index in [1.165, 1.54) is 16.9 Å². The number of benzene rings is 3. The number of rotatable bonds is 7. The Kier molecular flexibility index (Phi) is 6.07. The second kappa shape index (κ2) is 9.07. The number of nitrogens with zero attached hydrogens (tertiary/aromatic N) is 2. The third-order valence-electron chi connectivity index (χ3n) is 4.26. The van der Waals surface area contributed by atoms with E-state index in [4.69, 9.17) is 4.74 Å². The molecule has 1 amide bonds. The fourth-order valence-electron chi connectivity index (χ4n) is 2.79. The van der Waals surface area contributed by atoms with Crippen molar-refractivity contribution in [3.05, 3.63) is 78.4 Å². The van der Waals surface area contributed by atoms with Gasteiger partial charge < -0.3 is 4.74 Å². The molecule has 0 aliphatic heterocycles. The number of nitrogens with one attached hydrogen (secondary N) is 1. The SMILES string of the molecule is C[C@H](Oc1cccc2ccccc12)C(=O)Nc1nnc(SCc2ccccc2)s1. The summed E-state index contributed by atoms with van der Waals surface area (Å²) in [4.78, 5) is 12.5. The molecule has 4 aromatic rings. The molecule has 146 valence electrons. The van der Waals surface area contributed by atoms with Gasteiger partial charge >= 0.3 is 0 Å². The van der Waals surface area contributed by atoms with Crippen LogP contribution in [0.15, 0.2) is 77.1 Å². The predicted octanol–water partition coefficient (Wildman–Crippen LogP) is 5.39. The van der Waals surface area contributed by atoms with Crippen molar-refractivity contribution in [1.29, 1.82) is 0 Å². The van der Waals surface area contributed by atoms with Crippen molar-refractivity contribution in [1.82, 2.24) is 10.2 Å². The lowest BCUT2D eigenvalue weighted by molar-refractivity contribution is -0.122. The quantitative estimate of drug-likeness (QED) is 0.320.